The minimum Gasteiger partial charge on any atom is -0.508 e. The first-order valence-corrected chi connectivity index (χ1v) is 21.0. The van der Waals surface area contributed by atoms with Gasteiger partial charge in [0.1, 0.15) is 65.2 Å². The maximum atomic E-state index is 14.4. The number of phenolic OH excluding ortho intramolecular Hbond substituents is 3. The minimum absolute atomic E-state index is 0.0294. The molecule has 0 unspecified atom stereocenters. The zero-order chi connectivity index (χ0) is 43.5. The van der Waals surface area contributed by atoms with Gasteiger partial charge in [-0.05, 0) is 31.5 Å². The first-order chi connectivity index (χ1) is 28.7. The molecule has 17 nitrogen and oxygen atoms in total. The second kappa shape index (κ2) is 22.2. The van der Waals surface area contributed by atoms with Crippen LogP contribution in [0.15, 0.2) is 39.5 Å². The Bertz CT molecular complexity index is 1900. The van der Waals surface area contributed by atoms with Crippen molar-refractivity contribution < 1.29 is 78.9 Å². The van der Waals surface area contributed by atoms with Crippen molar-refractivity contribution in [2.24, 2.45) is 0 Å². The average Bonchev–Trinajstić information content (AvgIpc) is 3.21. The number of aliphatic hydroxyl groups excluding tert-OH is 6. The molecule has 9 N–H and O–H groups in total. The van der Waals surface area contributed by atoms with Gasteiger partial charge < -0.3 is 74.1 Å². The van der Waals surface area contributed by atoms with Crippen LogP contribution in [0.5, 0.6) is 28.7 Å². The van der Waals surface area contributed by atoms with Gasteiger partial charge >= 0.3 is 5.97 Å². The van der Waals surface area contributed by atoms with Crippen LogP contribution in [0.4, 0.5) is 0 Å². The normalized spacial score (nSPS) is 26.9. The Labute approximate surface area is 347 Å². The fourth-order valence-corrected chi connectivity index (χ4v) is 7.36. The largest absolute Gasteiger partial charge is 0.508 e. The number of hydrogen-bond acceptors (Lipinski definition) is 17. The molecule has 5 rings (SSSR count). The van der Waals surface area contributed by atoms with Gasteiger partial charge in [-0.2, -0.15) is 0 Å². The summed E-state index contributed by atoms with van der Waals surface area (Å²) in [7, 11) is 0. The number of ether oxygens (including phenoxy) is 5. The number of aliphatic hydroxyl groups is 6. The Kier molecular flexibility index (Phi) is 17.4. The standard InChI is InChI=1S/C43H60O17/c1-3-4-5-6-7-8-9-10-11-12-13-14-15-16-31(47)57-28-20-25(44)21-29-32(28)35(50)41(40(58-29)24-17-18-26(45)27(46)19-24)60-43-39(54)37(52)34(49)30(59-43)22-55-42-38(53)36(51)33(48)23(2)56-42/h17-21,23,30,33-34,36-39,42-46,48-49,51-54H,3-16,22H2,1-2H3/t23-,30+,33-,34+,36+,37-,38+,39+,42+,43-/m0/s1. The maximum Gasteiger partial charge on any atom is 0.311 e. The molecule has 334 valence electrons. The number of carbonyl (C=O) groups excluding carboxylic acids is 1. The molecule has 2 aromatic carbocycles. The molecule has 3 heterocycles. The summed E-state index contributed by atoms with van der Waals surface area (Å²) in [5, 5.41) is 93.6. The van der Waals surface area contributed by atoms with Crippen molar-refractivity contribution in [1.29, 1.82) is 0 Å². The number of fused-ring (bicyclic) bond motifs is 1. The molecule has 3 aromatic rings. The van der Waals surface area contributed by atoms with E-state index >= 15 is 0 Å². The summed E-state index contributed by atoms with van der Waals surface area (Å²) < 4.78 is 34.2. The molecule has 17 heteroatoms. The van der Waals surface area contributed by atoms with Crippen molar-refractivity contribution in [2.75, 3.05) is 6.61 Å². The molecular weight excluding hydrogens is 788 g/mol. The van der Waals surface area contributed by atoms with E-state index in [0.717, 1.165) is 49.9 Å². The van der Waals surface area contributed by atoms with Crippen LogP contribution in [0.25, 0.3) is 22.3 Å². The molecular formula is C43H60O17. The Morgan fingerprint density at radius 2 is 1.28 bits per heavy atom. The quantitative estimate of drug-likeness (QED) is 0.0317. The summed E-state index contributed by atoms with van der Waals surface area (Å²) in [6.45, 7) is 3.02. The van der Waals surface area contributed by atoms with E-state index < -0.39 is 108 Å². The van der Waals surface area contributed by atoms with E-state index in [2.05, 4.69) is 6.92 Å². The van der Waals surface area contributed by atoms with Crippen LogP contribution in [-0.4, -0.2) is 120 Å². The third kappa shape index (κ3) is 11.9. The lowest BCUT2D eigenvalue weighted by Gasteiger charge is -2.42. The molecule has 0 saturated carbocycles. The van der Waals surface area contributed by atoms with Gasteiger partial charge in [-0.25, -0.2) is 0 Å². The second-order valence-electron chi connectivity index (χ2n) is 15.7. The second-order valence-corrected chi connectivity index (χ2v) is 15.7. The van der Waals surface area contributed by atoms with E-state index in [-0.39, 0.29) is 28.7 Å². The summed E-state index contributed by atoms with van der Waals surface area (Å²) >= 11 is 0. The number of hydrogen-bond donors (Lipinski definition) is 9. The van der Waals surface area contributed by atoms with E-state index in [9.17, 15) is 55.5 Å². The number of benzene rings is 2. The Morgan fingerprint density at radius 1 is 0.683 bits per heavy atom. The van der Waals surface area contributed by atoms with Gasteiger partial charge in [0.15, 0.2) is 23.5 Å². The highest BCUT2D eigenvalue weighted by atomic mass is 16.7. The summed E-state index contributed by atoms with van der Waals surface area (Å²) in [5.41, 5.74) is -1.29. The first-order valence-electron chi connectivity index (χ1n) is 21.0. The van der Waals surface area contributed by atoms with Crippen molar-refractivity contribution >= 4 is 16.9 Å². The highest BCUT2D eigenvalue weighted by Gasteiger charge is 2.48. The molecule has 0 aliphatic carbocycles. The predicted octanol–water partition coefficient (Wildman–Crippen LogP) is 3.99. The smallest absolute Gasteiger partial charge is 0.311 e. The molecule has 0 bridgehead atoms. The van der Waals surface area contributed by atoms with E-state index in [1.807, 2.05) is 0 Å². The Hall–Kier alpha value is -4.04. The van der Waals surface area contributed by atoms with E-state index in [0.29, 0.717) is 6.42 Å². The summed E-state index contributed by atoms with van der Waals surface area (Å²) in [5.74, 6) is -3.65. The lowest BCUT2D eigenvalue weighted by molar-refractivity contribution is -0.318. The van der Waals surface area contributed by atoms with Gasteiger partial charge in [0.05, 0.1) is 12.7 Å². The topological polar surface area (TPSA) is 275 Å². The number of unbranched alkanes of at least 4 members (excludes halogenated alkanes) is 12. The first kappa shape index (κ1) is 47.0. The molecule has 2 aliphatic heterocycles. The van der Waals surface area contributed by atoms with E-state index in [1.54, 1.807) is 0 Å². The number of carbonyl (C=O) groups is 1. The van der Waals surface area contributed by atoms with Crippen molar-refractivity contribution in [3.05, 3.63) is 40.6 Å². The molecule has 1 aromatic heterocycles. The van der Waals surface area contributed by atoms with Gasteiger partial charge in [0.25, 0.3) is 0 Å². The highest BCUT2D eigenvalue weighted by molar-refractivity contribution is 5.90. The zero-order valence-electron chi connectivity index (χ0n) is 34.1. The number of phenols is 3. The van der Waals surface area contributed by atoms with Crippen molar-refractivity contribution in [3.8, 4) is 40.1 Å². The Balaban J connectivity index is 1.31. The number of aromatic hydroxyl groups is 3. The number of esters is 1. The van der Waals surface area contributed by atoms with Crippen molar-refractivity contribution in [1.82, 2.24) is 0 Å². The highest BCUT2D eigenvalue weighted by Crippen LogP contribution is 2.40. The third-order valence-corrected chi connectivity index (χ3v) is 11.0. The van der Waals surface area contributed by atoms with Gasteiger partial charge in [-0.1, -0.05) is 84.0 Å². The fourth-order valence-electron chi connectivity index (χ4n) is 7.36. The van der Waals surface area contributed by atoms with Gasteiger partial charge in [-0.15, -0.1) is 0 Å². The summed E-state index contributed by atoms with van der Waals surface area (Å²) in [6.07, 6.45) is -1.78. The maximum absolute atomic E-state index is 14.4. The Morgan fingerprint density at radius 3 is 1.92 bits per heavy atom. The van der Waals surface area contributed by atoms with Gasteiger partial charge in [0.2, 0.25) is 17.5 Å². The average molecular weight is 849 g/mol. The van der Waals surface area contributed by atoms with Gasteiger partial charge in [0, 0.05) is 24.1 Å². The summed E-state index contributed by atoms with van der Waals surface area (Å²) in [4.78, 5) is 27.5. The minimum atomic E-state index is -2.00. The van der Waals surface area contributed by atoms with E-state index in [4.69, 9.17) is 28.1 Å². The molecule has 0 spiro atoms. The van der Waals surface area contributed by atoms with Crippen LogP contribution in [0.3, 0.4) is 0 Å². The predicted molar refractivity (Wildman–Crippen MR) is 214 cm³/mol. The van der Waals surface area contributed by atoms with Crippen LogP contribution in [-0.2, 0) is 19.0 Å². The molecule has 10 atom stereocenters. The third-order valence-electron chi connectivity index (χ3n) is 11.0. The van der Waals surface area contributed by atoms with Gasteiger partial charge in [-0.3, -0.25) is 9.59 Å². The lowest BCUT2D eigenvalue weighted by atomic mass is 9.98. The molecule has 2 aliphatic rings. The lowest BCUT2D eigenvalue weighted by Crippen LogP contribution is -2.61. The number of rotatable bonds is 21. The van der Waals surface area contributed by atoms with E-state index in [1.165, 1.54) is 64.4 Å². The van der Waals surface area contributed by atoms with Crippen LogP contribution >= 0.6 is 0 Å². The zero-order valence-corrected chi connectivity index (χ0v) is 34.1. The molecule has 0 radical (unpaired) electrons. The van der Waals surface area contributed by atoms with Crippen molar-refractivity contribution in [2.45, 2.75) is 165 Å². The fraction of sp³-hybridized carbons (Fsp3) is 0.628. The summed E-state index contributed by atoms with van der Waals surface area (Å²) in [6, 6.07) is 5.55. The van der Waals surface area contributed by atoms with Crippen LogP contribution in [0, 0.1) is 0 Å². The SMILES string of the molecule is CCCCCCCCCCCCCCCC(=O)Oc1cc(O)cc2oc(-c3ccc(O)c(O)c3)c(O[C@@H]3O[C@H](CO[C@@H]4O[C@@H](C)[C@H](O)[C@@H](O)[C@H]4O)[C@@H](O)[C@H](O)[C@H]3O)c(=O)c12. The van der Waals surface area contributed by atoms with Crippen LogP contribution < -0.4 is 14.9 Å². The van der Waals surface area contributed by atoms with Crippen molar-refractivity contribution in [3.63, 3.8) is 0 Å². The monoisotopic (exact) mass is 848 g/mol. The molecule has 2 fully saturated rings. The molecule has 0 amide bonds. The molecule has 60 heavy (non-hydrogen) atoms. The van der Waals surface area contributed by atoms with Crippen LogP contribution in [0.2, 0.25) is 0 Å². The van der Waals surface area contributed by atoms with Crippen LogP contribution in [0.1, 0.15) is 104 Å². The molecule has 2 saturated heterocycles.